The highest BCUT2D eigenvalue weighted by atomic mass is 127. The Morgan fingerprint density at radius 2 is 2.24 bits per heavy atom. The standard InChI is InChI=1S/C14H26N4OS.HI/c1-5-19-9-7-6-8-16-14(15-3)18(4)10-13-11-20-12(2)17-13;/h11H,5-10H2,1-4H3,(H,15,16);1H. The third-order valence-corrected chi connectivity index (χ3v) is 3.66. The minimum absolute atomic E-state index is 0. The van der Waals surface area contributed by atoms with Gasteiger partial charge in [-0.3, -0.25) is 4.99 Å². The number of nitrogens with one attached hydrogen (secondary N) is 1. The second-order valence-electron chi connectivity index (χ2n) is 4.59. The molecule has 7 heteroatoms. The van der Waals surface area contributed by atoms with Gasteiger partial charge < -0.3 is 15.0 Å². The highest BCUT2D eigenvalue weighted by molar-refractivity contribution is 14.0. The average molecular weight is 426 g/mol. The van der Waals surface area contributed by atoms with Crippen molar-refractivity contribution in [3.63, 3.8) is 0 Å². The van der Waals surface area contributed by atoms with Gasteiger partial charge in [0.05, 0.1) is 17.2 Å². The maximum absolute atomic E-state index is 5.32. The number of aliphatic imine (C=N–C) groups is 1. The fourth-order valence-electron chi connectivity index (χ4n) is 1.86. The first-order chi connectivity index (χ1) is 9.67. The Morgan fingerprint density at radius 3 is 2.81 bits per heavy atom. The summed E-state index contributed by atoms with van der Waals surface area (Å²) in [6.45, 7) is 7.38. The van der Waals surface area contributed by atoms with Gasteiger partial charge in [-0.2, -0.15) is 0 Å². The van der Waals surface area contributed by atoms with Crippen LogP contribution in [-0.2, 0) is 11.3 Å². The lowest BCUT2D eigenvalue weighted by atomic mass is 10.3. The summed E-state index contributed by atoms with van der Waals surface area (Å²) < 4.78 is 5.32. The molecule has 0 radical (unpaired) electrons. The predicted octanol–water partition coefficient (Wildman–Crippen LogP) is 2.89. The zero-order valence-electron chi connectivity index (χ0n) is 13.4. The molecule has 21 heavy (non-hydrogen) atoms. The van der Waals surface area contributed by atoms with E-state index in [1.54, 1.807) is 11.3 Å². The van der Waals surface area contributed by atoms with Gasteiger partial charge in [0.1, 0.15) is 0 Å². The van der Waals surface area contributed by atoms with Crippen molar-refractivity contribution in [1.29, 1.82) is 0 Å². The van der Waals surface area contributed by atoms with Gasteiger partial charge in [-0.1, -0.05) is 0 Å². The van der Waals surface area contributed by atoms with Crippen molar-refractivity contribution in [3.05, 3.63) is 16.1 Å². The molecule has 1 rings (SSSR count). The molecule has 0 saturated carbocycles. The Labute approximate surface area is 149 Å². The molecule has 1 heterocycles. The summed E-state index contributed by atoms with van der Waals surface area (Å²) in [6, 6.07) is 0. The van der Waals surface area contributed by atoms with Gasteiger partial charge in [-0.15, -0.1) is 35.3 Å². The maximum atomic E-state index is 5.32. The number of ether oxygens (including phenoxy) is 1. The van der Waals surface area contributed by atoms with Crippen LogP contribution >= 0.6 is 35.3 Å². The van der Waals surface area contributed by atoms with E-state index in [0.29, 0.717) is 0 Å². The fraction of sp³-hybridized carbons (Fsp3) is 0.714. The number of aryl methyl sites for hydroxylation is 1. The summed E-state index contributed by atoms with van der Waals surface area (Å²) in [4.78, 5) is 10.9. The number of hydrogen-bond acceptors (Lipinski definition) is 4. The van der Waals surface area contributed by atoms with Crippen LogP contribution in [0.15, 0.2) is 10.4 Å². The molecule has 0 aromatic carbocycles. The van der Waals surface area contributed by atoms with Gasteiger partial charge in [0.2, 0.25) is 0 Å². The number of halogens is 1. The molecule has 1 aromatic heterocycles. The first-order valence-electron chi connectivity index (χ1n) is 7.08. The molecule has 0 atom stereocenters. The molecule has 0 amide bonds. The first kappa shape index (κ1) is 20.6. The van der Waals surface area contributed by atoms with Gasteiger partial charge in [0.25, 0.3) is 0 Å². The predicted molar refractivity (Wildman–Crippen MR) is 101 cm³/mol. The molecule has 0 aliphatic heterocycles. The van der Waals surface area contributed by atoms with Crippen LogP contribution in [0.3, 0.4) is 0 Å². The summed E-state index contributed by atoms with van der Waals surface area (Å²) in [7, 11) is 3.84. The molecule has 0 unspecified atom stereocenters. The lowest BCUT2D eigenvalue weighted by Gasteiger charge is -2.21. The molecule has 0 fully saturated rings. The van der Waals surface area contributed by atoms with Gasteiger partial charge in [0, 0.05) is 39.2 Å². The van der Waals surface area contributed by atoms with Crippen LogP contribution < -0.4 is 5.32 Å². The highest BCUT2D eigenvalue weighted by Crippen LogP contribution is 2.09. The first-order valence-corrected chi connectivity index (χ1v) is 7.95. The van der Waals surface area contributed by atoms with Crippen molar-refractivity contribution in [2.45, 2.75) is 33.2 Å². The molecule has 5 nitrogen and oxygen atoms in total. The molecule has 0 saturated heterocycles. The van der Waals surface area contributed by atoms with Crippen molar-refractivity contribution in [3.8, 4) is 0 Å². The molecule has 1 aromatic rings. The quantitative estimate of drug-likeness (QED) is 0.301. The van der Waals surface area contributed by atoms with Crippen molar-refractivity contribution in [2.75, 3.05) is 33.9 Å². The van der Waals surface area contributed by atoms with E-state index in [-0.39, 0.29) is 24.0 Å². The van der Waals surface area contributed by atoms with Gasteiger partial charge in [-0.25, -0.2) is 4.98 Å². The molecule has 0 aliphatic rings. The second-order valence-corrected chi connectivity index (χ2v) is 5.65. The lowest BCUT2D eigenvalue weighted by molar-refractivity contribution is 0.143. The molecular formula is C14H27IN4OS. The van der Waals surface area contributed by atoms with Gasteiger partial charge >= 0.3 is 0 Å². The number of unbranched alkanes of at least 4 members (excludes halogenated alkanes) is 1. The maximum Gasteiger partial charge on any atom is 0.193 e. The van der Waals surface area contributed by atoms with Crippen molar-refractivity contribution < 1.29 is 4.74 Å². The van der Waals surface area contributed by atoms with Crippen molar-refractivity contribution in [1.82, 2.24) is 15.2 Å². The Bertz CT molecular complexity index is 411. The molecule has 0 spiro atoms. The van der Waals surface area contributed by atoms with Crippen LogP contribution in [0, 0.1) is 6.92 Å². The molecule has 0 aliphatic carbocycles. The Hall–Kier alpha value is -0.410. The van der Waals surface area contributed by atoms with Crippen LogP contribution in [0.5, 0.6) is 0 Å². The minimum Gasteiger partial charge on any atom is -0.382 e. The Morgan fingerprint density at radius 1 is 1.48 bits per heavy atom. The number of aromatic nitrogens is 1. The Balaban J connectivity index is 0.00000400. The summed E-state index contributed by atoms with van der Waals surface area (Å²) in [5, 5.41) is 6.57. The third-order valence-electron chi connectivity index (χ3n) is 2.84. The van der Waals surface area contributed by atoms with E-state index in [1.165, 1.54) is 0 Å². The van der Waals surface area contributed by atoms with Crippen LogP contribution in [-0.4, -0.2) is 49.7 Å². The van der Waals surface area contributed by atoms with Crippen LogP contribution in [0.2, 0.25) is 0 Å². The van der Waals surface area contributed by atoms with Crippen LogP contribution in [0.4, 0.5) is 0 Å². The zero-order valence-corrected chi connectivity index (χ0v) is 16.5. The van der Waals surface area contributed by atoms with Crippen LogP contribution in [0.25, 0.3) is 0 Å². The number of nitrogens with zero attached hydrogens (tertiary/aromatic N) is 3. The normalized spacial score (nSPS) is 11.1. The van der Waals surface area contributed by atoms with E-state index in [2.05, 4.69) is 25.6 Å². The van der Waals surface area contributed by atoms with E-state index in [4.69, 9.17) is 4.74 Å². The number of thiazole rings is 1. The van der Waals surface area contributed by atoms with Gasteiger partial charge in [0.15, 0.2) is 5.96 Å². The smallest absolute Gasteiger partial charge is 0.193 e. The summed E-state index contributed by atoms with van der Waals surface area (Å²) in [5.41, 5.74) is 1.09. The van der Waals surface area contributed by atoms with E-state index in [1.807, 2.05) is 27.9 Å². The topological polar surface area (TPSA) is 49.8 Å². The molecule has 1 N–H and O–H groups in total. The van der Waals surface area contributed by atoms with Gasteiger partial charge in [-0.05, 0) is 26.7 Å². The molecular weight excluding hydrogens is 399 g/mol. The average Bonchev–Trinajstić information content (AvgIpc) is 2.83. The SMILES string of the molecule is CCOCCCCNC(=NC)N(C)Cc1csc(C)n1.I. The summed E-state index contributed by atoms with van der Waals surface area (Å²) >= 11 is 1.68. The fourth-order valence-corrected chi connectivity index (χ4v) is 2.46. The number of hydrogen-bond donors (Lipinski definition) is 1. The van der Waals surface area contributed by atoms with E-state index in [0.717, 1.165) is 55.8 Å². The highest BCUT2D eigenvalue weighted by Gasteiger charge is 2.07. The molecule has 122 valence electrons. The summed E-state index contributed by atoms with van der Waals surface area (Å²) in [5.74, 6) is 0.909. The van der Waals surface area contributed by atoms with Crippen molar-refractivity contribution >= 4 is 41.3 Å². The monoisotopic (exact) mass is 426 g/mol. The number of rotatable bonds is 8. The largest absolute Gasteiger partial charge is 0.382 e. The van der Waals surface area contributed by atoms with Crippen LogP contribution in [0.1, 0.15) is 30.5 Å². The van der Waals surface area contributed by atoms with E-state index >= 15 is 0 Å². The lowest BCUT2D eigenvalue weighted by Crippen LogP contribution is -2.39. The van der Waals surface area contributed by atoms with E-state index in [9.17, 15) is 0 Å². The zero-order chi connectivity index (χ0) is 14.8. The van der Waals surface area contributed by atoms with E-state index < -0.39 is 0 Å². The minimum atomic E-state index is 0. The summed E-state index contributed by atoms with van der Waals surface area (Å²) in [6.07, 6.45) is 2.16. The molecule has 0 bridgehead atoms. The number of guanidine groups is 1. The third kappa shape index (κ3) is 8.57. The second kappa shape index (κ2) is 12.2. The Kier molecular flexibility index (Phi) is 11.9. The van der Waals surface area contributed by atoms with Crippen molar-refractivity contribution in [2.24, 2.45) is 4.99 Å².